The van der Waals surface area contributed by atoms with Gasteiger partial charge in [-0.3, -0.25) is 37.7 Å². The third-order valence-corrected chi connectivity index (χ3v) is 6.80. The van der Waals surface area contributed by atoms with Crippen molar-refractivity contribution in [1.82, 2.24) is 19.1 Å². The van der Waals surface area contributed by atoms with Gasteiger partial charge in [-0.2, -0.15) is 8.78 Å². The average molecular weight is 554 g/mol. The lowest BCUT2D eigenvalue weighted by Gasteiger charge is -2.23. The van der Waals surface area contributed by atoms with Gasteiger partial charge in [0.05, 0.1) is 25.6 Å². The van der Waals surface area contributed by atoms with Crippen LogP contribution in [0.5, 0.6) is 0 Å². The van der Waals surface area contributed by atoms with Gasteiger partial charge in [0, 0.05) is 12.8 Å². The summed E-state index contributed by atoms with van der Waals surface area (Å²) in [5, 5.41) is 19.2. The molecule has 0 radical (unpaired) electrons. The van der Waals surface area contributed by atoms with Crippen molar-refractivity contribution < 1.29 is 47.0 Å². The molecular formula is C18H21F2N4O12P. The van der Waals surface area contributed by atoms with Crippen LogP contribution in [0, 0.1) is 11.6 Å². The van der Waals surface area contributed by atoms with Crippen molar-refractivity contribution in [2.75, 3.05) is 13.2 Å². The van der Waals surface area contributed by atoms with Crippen LogP contribution in [0.4, 0.5) is 8.78 Å². The van der Waals surface area contributed by atoms with Crippen LogP contribution in [0.15, 0.2) is 31.6 Å². The number of aliphatic hydroxyl groups is 2. The molecule has 2 saturated heterocycles. The summed E-state index contributed by atoms with van der Waals surface area (Å²) in [5.74, 6) is -2.59. The van der Waals surface area contributed by atoms with Gasteiger partial charge in [-0.1, -0.05) is 0 Å². The lowest BCUT2D eigenvalue weighted by molar-refractivity contribution is -0.0570. The third kappa shape index (κ3) is 5.70. The Morgan fingerprint density at radius 1 is 0.865 bits per heavy atom. The number of H-pyrrole nitrogens is 2. The van der Waals surface area contributed by atoms with E-state index in [9.17, 15) is 47.6 Å². The normalized spacial score (nSPS) is 29.4. The maximum Gasteiger partial charge on any atom is 0.472 e. The van der Waals surface area contributed by atoms with Gasteiger partial charge in [0.2, 0.25) is 11.6 Å². The lowest BCUT2D eigenvalue weighted by atomic mass is 10.2. The maximum atomic E-state index is 13.6. The van der Waals surface area contributed by atoms with Crippen molar-refractivity contribution in [3.05, 3.63) is 65.7 Å². The number of nitrogens with zero attached hydrogens (tertiary/aromatic N) is 2. The zero-order valence-electron chi connectivity index (χ0n) is 18.6. The molecule has 0 aromatic carbocycles. The molecule has 2 aliphatic heterocycles. The smallest absolute Gasteiger partial charge is 0.394 e. The zero-order valence-corrected chi connectivity index (χ0v) is 19.5. The molecule has 0 bridgehead atoms. The number of hydrogen-bond acceptors (Lipinski definition) is 11. The molecule has 0 amide bonds. The standard InChI is InChI=1S/C18H21F2N4O12P/c19-7-3-23(17(29)21-15(7)27)13-1-9(11(5-25)33-13)35-37(31,32)36-10-2-14(34-12(10)6-26)24-4-8(20)16(28)22-18(24)30/h3-4,9-14,25-26H,1-2,5-6H2,(H,31,32)(H,21,27,29)(H,22,28,30)/t9-,10+,11+,12-,13-,14-/m1/s1. The van der Waals surface area contributed by atoms with Gasteiger partial charge in [0.25, 0.3) is 11.1 Å². The van der Waals surface area contributed by atoms with E-state index in [1.54, 1.807) is 9.97 Å². The number of hydrogen-bond donors (Lipinski definition) is 5. The Labute approximate surface area is 203 Å². The van der Waals surface area contributed by atoms with Crippen LogP contribution in [-0.2, 0) is 23.1 Å². The fraction of sp³-hybridized carbons (Fsp3) is 0.556. The highest BCUT2D eigenvalue weighted by Gasteiger charge is 2.46. The first kappa shape index (κ1) is 27.2. The van der Waals surface area contributed by atoms with Crippen molar-refractivity contribution in [3.8, 4) is 0 Å². The second-order valence-electron chi connectivity index (χ2n) is 8.14. The highest BCUT2D eigenvalue weighted by Crippen LogP contribution is 2.51. The fourth-order valence-electron chi connectivity index (χ4n) is 4.01. The van der Waals surface area contributed by atoms with Gasteiger partial charge in [-0.05, 0) is 0 Å². The molecule has 1 unspecified atom stereocenters. The van der Waals surface area contributed by atoms with E-state index in [0.29, 0.717) is 21.5 Å². The first-order chi connectivity index (χ1) is 17.4. The number of phosphoric ester groups is 1. The van der Waals surface area contributed by atoms with Crippen LogP contribution >= 0.6 is 7.82 Å². The van der Waals surface area contributed by atoms with E-state index in [1.807, 2.05) is 0 Å². The molecule has 2 fully saturated rings. The van der Waals surface area contributed by atoms with E-state index in [4.69, 9.17) is 18.5 Å². The van der Waals surface area contributed by atoms with E-state index in [-0.39, 0.29) is 12.8 Å². The average Bonchev–Trinajstić information content (AvgIpc) is 3.41. The molecule has 0 spiro atoms. The number of ether oxygens (including phenoxy) is 2. The van der Waals surface area contributed by atoms with Gasteiger partial charge in [-0.15, -0.1) is 0 Å². The minimum atomic E-state index is -5.01. The predicted molar refractivity (Wildman–Crippen MR) is 113 cm³/mol. The van der Waals surface area contributed by atoms with Crippen LogP contribution < -0.4 is 22.5 Å². The van der Waals surface area contributed by atoms with Crippen LogP contribution in [-0.4, -0.2) is 71.8 Å². The molecular weight excluding hydrogens is 533 g/mol. The van der Waals surface area contributed by atoms with E-state index in [1.165, 1.54) is 0 Å². The summed E-state index contributed by atoms with van der Waals surface area (Å²) < 4.78 is 62.4. The summed E-state index contributed by atoms with van der Waals surface area (Å²) >= 11 is 0. The number of phosphoric acid groups is 1. The maximum absolute atomic E-state index is 13.6. The number of rotatable bonds is 8. The summed E-state index contributed by atoms with van der Waals surface area (Å²) in [5.41, 5.74) is -4.60. The Morgan fingerprint density at radius 3 is 1.59 bits per heavy atom. The van der Waals surface area contributed by atoms with Gasteiger partial charge < -0.3 is 24.6 Å². The largest absolute Gasteiger partial charge is 0.472 e. The van der Waals surface area contributed by atoms with E-state index >= 15 is 0 Å². The second-order valence-corrected chi connectivity index (χ2v) is 9.50. The summed E-state index contributed by atoms with van der Waals surface area (Å²) in [6.07, 6.45) is -7.35. The molecule has 4 heterocycles. The molecule has 2 aromatic rings. The number of halogens is 2. The lowest BCUT2D eigenvalue weighted by Crippen LogP contribution is -2.34. The number of nitrogens with one attached hydrogen (secondary N) is 2. The molecule has 16 nitrogen and oxygen atoms in total. The number of aromatic nitrogens is 4. The van der Waals surface area contributed by atoms with Gasteiger partial charge in [0.1, 0.15) is 36.9 Å². The number of aliphatic hydroxyl groups excluding tert-OH is 2. The van der Waals surface area contributed by atoms with Crippen LogP contribution in [0.3, 0.4) is 0 Å². The molecule has 2 aliphatic rings. The highest BCUT2D eigenvalue weighted by molar-refractivity contribution is 7.47. The minimum absolute atomic E-state index is 0.343. The Balaban J connectivity index is 1.48. The second kappa shape index (κ2) is 10.5. The molecule has 204 valence electrons. The zero-order chi connectivity index (χ0) is 27.1. The molecule has 0 aliphatic carbocycles. The monoisotopic (exact) mass is 554 g/mol. The first-order valence-corrected chi connectivity index (χ1v) is 12.2. The summed E-state index contributed by atoms with van der Waals surface area (Å²) in [6.45, 7) is -1.48. The van der Waals surface area contributed by atoms with E-state index < -0.39 is 92.0 Å². The van der Waals surface area contributed by atoms with Gasteiger partial charge in [0.15, 0.2) is 0 Å². The van der Waals surface area contributed by atoms with Crippen molar-refractivity contribution in [1.29, 1.82) is 0 Å². The van der Waals surface area contributed by atoms with Crippen molar-refractivity contribution in [2.24, 2.45) is 0 Å². The predicted octanol–water partition coefficient (Wildman–Crippen LogP) is -2.20. The molecule has 5 N–H and O–H groups in total. The van der Waals surface area contributed by atoms with Crippen LogP contribution in [0.1, 0.15) is 25.3 Å². The van der Waals surface area contributed by atoms with Crippen LogP contribution in [0.2, 0.25) is 0 Å². The van der Waals surface area contributed by atoms with E-state index in [2.05, 4.69) is 0 Å². The quantitative estimate of drug-likeness (QED) is 0.219. The highest BCUT2D eigenvalue weighted by atomic mass is 31.2. The summed E-state index contributed by atoms with van der Waals surface area (Å²) in [7, 11) is -5.01. The molecule has 2 aromatic heterocycles. The van der Waals surface area contributed by atoms with Crippen molar-refractivity contribution in [2.45, 2.75) is 49.7 Å². The summed E-state index contributed by atoms with van der Waals surface area (Å²) in [6, 6.07) is 0. The molecule has 19 heteroatoms. The number of aromatic amines is 2. The Morgan fingerprint density at radius 2 is 1.24 bits per heavy atom. The van der Waals surface area contributed by atoms with Gasteiger partial charge in [-0.25, -0.2) is 14.2 Å². The fourth-order valence-corrected chi connectivity index (χ4v) is 5.19. The molecule has 4 rings (SSSR count). The van der Waals surface area contributed by atoms with E-state index in [0.717, 1.165) is 0 Å². The Hall–Kier alpha value is -2.83. The van der Waals surface area contributed by atoms with Crippen molar-refractivity contribution >= 4 is 7.82 Å². The molecule has 7 atom stereocenters. The third-order valence-electron chi connectivity index (χ3n) is 5.73. The topological polar surface area (TPSA) is 224 Å². The Bertz CT molecular complexity index is 1340. The van der Waals surface area contributed by atoms with Gasteiger partial charge >= 0.3 is 19.2 Å². The van der Waals surface area contributed by atoms with Crippen molar-refractivity contribution in [3.63, 3.8) is 0 Å². The minimum Gasteiger partial charge on any atom is -0.394 e. The summed E-state index contributed by atoms with van der Waals surface area (Å²) in [4.78, 5) is 60.3. The first-order valence-electron chi connectivity index (χ1n) is 10.7. The molecule has 0 saturated carbocycles. The van der Waals surface area contributed by atoms with Crippen LogP contribution in [0.25, 0.3) is 0 Å². The molecule has 37 heavy (non-hydrogen) atoms. The Kier molecular flexibility index (Phi) is 7.72. The SMILES string of the molecule is O=c1[nH]c(=O)n([C@H]2C[C@@H](OP(=O)(O)O[C@H]3C[C@H](n4cc(F)c(=O)[nH]c4=O)O[C@@H]3CO)[C@H](CO)O2)cc1F.